The van der Waals surface area contributed by atoms with Crippen LogP contribution in [0.5, 0.6) is 0 Å². The van der Waals surface area contributed by atoms with Crippen molar-refractivity contribution in [3.05, 3.63) is 167 Å². The number of fused-ring (bicyclic) bond motifs is 7. The Morgan fingerprint density at radius 3 is 1.82 bits per heavy atom. The van der Waals surface area contributed by atoms with Crippen LogP contribution in [0.15, 0.2) is 134 Å². The molecule has 7 aromatic rings. The van der Waals surface area contributed by atoms with Gasteiger partial charge in [-0.3, -0.25) is 4.98 Å². The van der Waals surface area contributed by atoms with Crippen LogP contribution in [0.3, 0.4) is 0 Å². The van der Waals surface area contributed by atoms with E-state index >= 15 is 0 Å². The fourth-order valence-corrected chi connectivity index (χ4v) is 8.17. The standard InChI is InChI=1S/C48H46N2O/c1-47(2,3)35-21-17-32(18-22-35)42-41(30-51)39-13-9-10-14-40(39)44-43-34(16-15-31-11-7-8-12-38(31)43)29-50(37-25-27-49-28-26-37)46(45(42)44)33-19-23-36(24-20-33)48(4,5)6/h7-28,46,51H,29-30H2,1-6H3. The summed E-state index contributed by atoms with van der Waals surface area (Å²) in [5.74, 6) is 0. The van der Waals surface area contributed by atoms with E-state index in [1.165, 1.54) is 49.7 Å². The molecule has 51 heavy (non-hydrogen) atoms. The Morgan fingerprint density at radius 1 is 0.608 bits per heavy atom. The largest absolute Gasteiger partial charge is 0.392 e. The second-order valence-electron chi connectivity index (χ2n) is 16.1. The average Bonchev–Trinajstić information content (AvgIpc) is 3.29. The second-order valence-corrected chi connectivity index (χ2v) is 16.1. The molecule has 2 heterocycles. The van der Waals surface area contributed by atoms with Crippen molar-refractivity contribution in [3.63, 3.8) is 0 Å². The molecular weight excluding hydrogens is 621 g/mol. The van der Waals surface area contributed by atoms with Crippen molar-refractivity contribution in [2.45, 2.75) is 71.6 Å². The molecule has 1 aromatic heterocycles. The van der Waals surface area contributed by atoms with E-state index in [1.54, 1.807) is 0 Å². The molecule has 0 saturated carbocycles. The van der Waals surface area contributed by atoms with E-state index in [4.69, 9.17) is 0 Å². The zero-order valence-electron chi connectivity index (χ0n) is 30.5. The van der Waals surface area contributed by atoms with Crippen molar-refractivity contribution < 1.29 is 5.11 Å². The van der Waals surface area contributed by atoms with Crippen molar-refractivity contribution in [1.82, 2.24) is 4.98 Å². The summed E-state index contributed by atoms with van der Waals surface area (Å²) in [6.45, 7) is 14.2. The van der Waals surface area contributed by atoms with Gasteiger partial charge in [-0.25, -0.2) is 0 Å². The van der Waals surface area contributed by atoms with Crippen LogP contribution in [-0.4, -0.2) is 10.1 Å². The highest BCUT2D eigenvalue weighted by Crippen LogP contribution is 2.53. The normalized spacial score (nSPS) is 14.7. The summed E-state index contributed by atoms with van der Waals surface area (Å²) in [6, 6.07) is 44.5. The Bertz CT molecular complexity index is 2380. The first-order valence-corrected chi connectivity index (χ1v) is 18.1. The first kappa shape index (κ1) is 32.9. The number of benzene rings is 6. The minimum atomic E-state index is -0.172. The van der Waals surface area contributed by atoms with Crippen molar-refractivity contribution in [3.8, 4) is 22.3 Å². The number of pyridine rings is 1. The van der Waals surface area contributed by atoms with E-state index in [-0.39, 0.29) is 23.5 Å². The predicted octanol–water partition coefficient (Wildman–Crippen LogP) is 11.9. The minimum Gasteiger partial charge on any atom is -0.392 e. The second kappa shape index (κ2) is 12.5. The van der Waals surface area contributed by atoms with Crippen LogP contribution < -0.4 is 4.90 Å². The van der Waals surface area contributed by atoms with Gasteiger partial charge in [-0.05, 0) is 100 Å². The first-order chi connectivity index (χ1) is 24.5. The lowest BCUT2D eigenvalue weighted by atomic mass is 9.77. The highest BCUT2D eigenvalue weighted by molar-refractivity contribution is 6.12. The van der Waals surface area contributed by atoms with E-state index in [9.17, 15) is 5.11 Å². The van der Waals surface area contributed by atoms with E-state index < -0.39 is 0 Å². The van der Waals surface area contributed by atoms with Crippen LogP contribution in [0.4, 0.5) is 5.69 Å². The first-order valence-electron chi connectivity index (χ1n) is 18.1. The van der Waals surface area contributed by atoms with Gasteiger partial charge < -0.3 is 10.0 Å². The van der Waals surface area contributed by atoms with Gasteiger partial charge in [-0.2, -0.15) is 0 Å². The molecule has 254 valence electrons. The molecule has 6 aromatic carbocycles. The maximum atomic E-state index is 11.4. The molecule has 1 N–H and O–H groups in total. The molecule has 0 bridgehead atoms. The summed E-state index contributed by atoms with van der Waals surface area (Å²) < 4.78 is 0. The van der Waals surface area contributed by atoms with Gasteiger partial charge in [0.1, 0.15) is 0 Å². The number of aromatic nitrogens is 1. The fraction of sp³-hybridized carbons (Fsp3) is 0.229. The van der Waals surface area contributed by atoms with Gasteiger partial charge in [0.2, 0.25) is 0 Å². The van der Waals surface area contributed by atoms with Crippen molar-refractivity contribution >= 4 is 27.2 Å². The minimum absolute atomic E-state index is 0.0198. The Balaban J connectivity index is 1.58. The van der Waals surface area contributed by atoms with Gasteiger partial charge >= 0.3 is 0 Å². The molecule has 1 unspecified atom stereocenters. The molecule has 0 fully saturated rings. The number of hydrogen-bond acceptors (Lipinski definition) is 3. The summed E-state index contributed by atoms with van der Waals surface area (Å²) >= 11 is 0. The average molecular weight is 667 g/mol. The quantitative estimate of drug-likeness (QED) is 0.203. The molecule has 0 saturated heterocycles. The molecule has 1 aliphatic heterocycles. The summed E-state index contributed by atoms with van der Waals surface area (Å²) in [5, 5.41) is 16.2. The van der Waals surface area contributed by atoms with Gasteiger partial charge in [-0.1, -0.05) is 151 Å². The maximum absolute atomic E-state index is 11.4. The number of nitrogens with zero attached hydrogens (tertiary/aromatic N) is 2. The summed E-state index contributed by atoms with van der Waals surface area (Å²) in [7, 11) is 0. The van der Waals surface area contributed by atoms with Gasteiger partial charge in [0.15, 0.2) is 0 Å². The van der Waals surface area contributed by atoms with Crippen molar-refractivity contribution in [2.24, 2.45) is 0 Å². The lowest BCUT2D eigenvalue weighted by Crippen LogP contribution is -2.29. The molecule has 1 atom stereocenters. The molecule has 0 amide bonds. The Kier molecular flexibility index (Phi) is 8.08. The number of aliphatic hydroxyl groups is 1. The van der Waals surface area contributed by atoms with E-state index in [1.807, 2.05) is 12.4 Å². The number of anilines is 1. The molecule has 3 nitrogen and oxygen atoms in total. The van der Waals surface area contributed by atoms with Gasteiger partial charge in [-0.15, -0.1) is 0 Å². The van der Waals surface area contributed by atoms with Crippen LogP contribution in [0.25, 0.3) is 43.8 Å². The number of rotatable bonds is 4. The van der Waals surface area contributed by atoms with E-state index in [2.05, 4.69) is 173 Å². The predicted molar refractivity (Wildman–Crippen MR) is 214 cm³/mol. The fourth-order valence-electron chi connectivity index (χ4n) is 8.17. The number of hydrogen-bond donors (Lipinski definition) is 1. The lowest BCUT2D eigenvalue weighted by molar-refractivity contribution is 0.284. The van der Waals surface area contributed by atoms with Gasteiger partial charge in [0, 0.05) is 24.6 Å². The van der Waals surface area contributed by atoms with Crippen LogP contribution in [0, 0.1) is 0 Å². The van der Waals surface area contributed by atoms with Crippen LogP contribution in [-0.2, 0) is 24.0 Å². The zero-order chi connectivity index (χ0) is 35.5. The molecule has 3 heteroatoms. The highest BCUT2D eigenvalue weighted by Gasteiger charge is 2.36. The monoisotopic (exact) mass is 666 g/mol. The highest BCUT2D eigenvalue weighted by atomic mass is 16.3. The molecule has 0 aliphatic carbocycles. The molecular formula is C48H46N2O. The van der Waals surface area contributed by atoms with Crippen LogP contribution in [0.1, 0.15) is 81.0 Å². The third-order valence-corrected chi connectivity index (χ3v) is 10.8. The Morgan fingerprint density at radius 2 is 1.20 bits per heavy atom. The Labute approximate surface area is 302 Å². The lowest BCUT2D eigenvalue weighted by Gasteiger charge is -2.36. The van der Waals surface area contributed by atoms with Crippen molar-refractivity contribution in [2.75, 3.05) is 4.90 Å². The summed E-state index contributed by atoms with van der Waals surface area (Å²) in [6.07, 6.45) is 3.79. The summed E-state index contributed by atoms with van der Waals surface area (Å²) in [4.78, 5) is 6.98. The maximum Gasteiger partial charge on any atom is 0.0812 e. The Hall–Kier alpha value is -5.25. The topological polar surface area (TPSA) is 36.4 Å². The van der Waals surface area contributed by atoms with Crippen molar-refractivity contribution in [1.29, 1.82) is 0 Å². The molecule has 0 spiro atoms. The van der Waals surface area contributed by atoms with Crippen LogP contribution in [0.2, 0.25) is 0 Å². The SMILES string of the molecule is CC(C)(C)c1ccc(-c2c3c(c4ccccc4c2CO)-c2c(ccc4ccccc24)CN(c2ccncc2)C3c2ccc(C(C)(C)C)cc2)cc1. The molecule has 0 radical (unpaired) electrons. The van der Waals surface area contributed by atoms with E-state index in [0.29, 0.717) is 6.54 Å². The van der Waals surface area contributed by atoms with E-state index in [0.717, 1.165) is 33.2 Å². The molecule has 8 rings (SSSR count). The van der Waals surface area contributed by atoms with Gasteiger partial charge in [0.25, 0.3) is 0 Å². The summed E-state index contributed by atoms with van der Waals surface area (Å²) in [5.41, 5.74) is 13.1. The van der Waals surface area contributed by atoms with Gasteiger partial charge in [0.05, 0.1) is 12.6 Å². The zero-order valence-corrected chi connectivity index (χ0v) is 30.5. The third-order valence-electron chi connectivity index (χ3n) is 10.8. The molecule has 1 aliphatic rings. The smallest absolute Gasteiger partial charge is 0.0812 e. The number of aliphatic hydroxyl groups excluding tert-OH is 1. The third kappa shape index (κ3) is 5.70. The van der Waals surface area contributed by atoms with Crippen LogP contribution >= 0.6 is 0 Å².